The zero-order valence-corrected chi connectivity index (χ0v) is 15.5. The molecule has 0 bridgehead atoms. The van der Waals surface area contributed by atoms with Crippen LogP contribution in [0.3, 0.4) is 0 Å². The summed E-state index contributed by atoms with van der Waals surface area (Å²) in [7, 11) is 1.63. The summed E-state index contributed by atoms with van der Waals surface area (Å²) in [5.41, 5.74) is 1.99. The van der Waals surface area contributed by atoms with E-state index in [0.29, 0.717) is 12.4 Å². The molecule has 2 atom stereocenters. The number of carbonyl (C=O) groups is 1. The lowest BCUT2D eigenvalue weighted by molar-refractivity contribution is -0.114. The molecule has 0 aliphatic carbocycles. The largest absolute Gasteiger partial charge is 0.497 e. The monoisotopic (exact) mass is 381 g/mol. The Hall–Kier alpha value is -3.42. The van der Waals surface area contributed by atoms with Gasteiger partial charge >= 0.3 is 0 Å². The van der Waals surface area contributed by atoms with Crippen LogP contribution in [-0.2, 0) is 4.79 Å². The predicted molar refractivity (Wildman–Crippen MR) is 103 cm³/mol. The number of amides is 1. The van der Waals surface area contributed by atoms with Crippen LogP contribution in [0.2, 0.25) is 0 Å². The van der Waals surface area contributed by atoms with Crippen LogP contribution in [0, 0.1) is 5.82 Å². The van der Waals surface area contributed by atoms with Crippen molar-refractivity contribution in [2.75, 3.05) is 17.7 Å². The van der Waals surface area contributed by atoms with E-state index in [9.17, 15) is 9.18 Å². The maximum atomic E-state index is 13.4. The van der Waals surface area contributed by atoms with Crippen LogP contribution in [0.1, 0.15) is 36.6 Å². The molecule has 144 valence electrons. The van der Waals surface area contributed by atoms with E-state index in [1.807, 2.05) is 24.3 Å². The Balaban J connectivity index is 1.72. The first-order valence-electron chi connectivity index (χ1n) is 8.93. The topological polar surface area (TPSA) is 81.1 Å². The number of methoxy groups -OCH3 is 1. The minimum atomic E-state index is -0.290. The average molecular weight is 381 g/mol. The number of hydrogen-bond acceptors (Lipinski definition) is 5. The third-order valence-corrected chi connectivity index (χ3v) is 4.75. The molecule has 2 N–H and O–H groups in total. The molecule has 0 fully saturated rings. The lowest BCUT2D eigenvalue weighted by Crippen LogP contribution is -2.28. The molecule has 0 radical (unpaired) electrons. The van der Waals surface area contributed by atoms with Gasteiger partial charge in [0, 0.05) is 6.92 Å². The van der Waals surface area contributed by atoms with Gasteiger partial charge in [-0.2, -0.15) is 4.98 Å². The van der Waals surface area contributed by atoms with E-state index < -0.39 is 0 Å². The van der Waals surface area contributed by atoms with Crippen molar-refractivity contribution in [3.8, 4) is 5.75 Å². The van der Waals surface area contributed by atoms with Gasteiger partial charge in [-0.15, -0.1) is 5.10 Å². The zero-order chi connectivity index (χ0) is 19.7. The number of nitrogens with zero attached hydrogens (tertiary/aromatic N) is 3. The fourth-order valence-electron chi connectivity index (χ4n) is 3.41. The first kappa shape index (κ1) is 18.0. The van der Waals surface area contributed by atoms with Gasteiger partial charge in [-0.25, -0.2) is 9.07 Å². The van der Waals surface area contributed by atoms with Gasteiger partial charge in [0.25, 0.3) is 5.95 Å². The molecule has 1 aliphatic heterocycles. The number of carbonyl (C=O) groups excluding carboxylic acids is 1. The summed E-state index contributed by atoms with van der Waals surface area (Å²) < 4.78 is 20.4. The lowest BCUT2D eigenvalue weighted by Gasteiger charge is -2.31. The summed E-state index contributed by atoms with van der Waals surface area (Å²) in [5, 5.41) is 10.4. The summed E-state index contributed by atoms with van der Waals surface area (Å²) in [6, 6.07) is 14.0. The van der Waals surface area contributed by atoms with Gasteiger partial charge in [0.15, 0.2) is 0 Å². The molecular weight excluding hydrogens is 361 g/mol. The van der Waals surface area contributed by atoms with Crippen molar-refractivity contribution in [3.05, 3.63) is 65.5 Å². The summed E-state index contributed by atoms with van der Waals surface area (Å²) in [6.45, 7) is 1.41. The molecule has 2 unspecified atom stereocenters. The van der Waals surface area contributed by atoms with Crippen molar-refractivity contribution in [1.29, 1.82) is 0 Å². The Morgan fingerprint density at radius 3 is 2.50 bits per heavy atom. The second-order valence-electron chi connectivity index (χ2n) is 6.66. The van der Waals surface area contributed by atoms with Crippen LogP contribution in [0.15, 0.2) is 48.5 Å². The Kier molecular flexibility index (Phi) is 4.68. The minimum absolute atomic E-state index is 0.0252. The molecule has 4 rings (SSSR count). The van der Waals surface area contributed by atoms with Crippen molar-refractivity contribution >= 4 is 17.8 Å². The fraction of sp³-hybridized carbons (Fsp3) is 0.250. The molecule has 8 heteroatoms. The Labute approximate surface area is 161 Å². The van der Waals surface area contributed by atoms with Gasteiger partial charge in [0.05, 0.1) is 19.2 Å². The van der Waals surface area contributed by atoms with Crippen LogP contribution in [-0.4, -0.2) is 27.8 Å². The van der Waals surface area contributed by atoms with E-state index in [0.717, 1.165) is 16.9 Å². The van der Waals surface area contributed by atoms with Crippen LogP contribution < -0.4 is 15.4 Å². The van der Waals surface area contributed by atoms with Crippen molar-refractivity contribution in [1.82, 2.24) is 14.8 Å². The number of hydrogen-bond donors (Lipinski definition) is 2. The van der Waals surface area contributed by atoms with E-state index in [2.05, 4.69) is 20.7 Å². The predicted octanol–water partition coefficient (Wildman–Crippen LogP) is 3.53. The molecule has 3 aromatic rings. The van der Waals surface area contributed by atoms with Gasteiger partial charge in [0.2, 0.25) is 11.9 Å². The molecule has 0 saturated carbocycles. The number of halogens is 1. The summed E-state index contributed by atoms with van der Waals surface area (Å²) >= 11 is 0. The maximum Gasteiger partial charge on any atom is 0.250 e. The first-order chi connectivity index (χ1) is 13.5. The second kappa shape index (κ2) is 7.30. The van der Waals surface area contributed by atoms with Crippen LogP contribution in [0.25, 0.3) is 0 Å². The van der Waals surface area contributed by atoms with Crippen molar-refractivity contribution in [2.24, 2.45) is 0 Å². The SMILES string of the molecule is COc1ccc(C2CC(c3ccc(F)cc3)n3nc(NC(C)=O)nc3N2)cc1. The van der Waals surface area contributed by atoms with Crippen LogP contribution in [0.4, 0.5) is 16.3 Å². The summed E-state index contributed by atoms with van der Waals surface area (Å²) in [6.07, 6.45) is 0.688. The fourth-order valence-corrected chi connectivity index (χ4v) is 3.41. The minimum Gasteiger partial charge on any atom is -0.497 e. The van der Waals surface area contributed by atoms with E-state index in [1.165, 1.54) is 19.1 Å². The van der Waals surface area contributed by atoms with Gasteiger partial charge in [-0.05, 0) is 41.8 Å². The van der Waals surface area contributed by atoms with Crippen molar-refractivity contribution in [2.45, 2.75) is 25.4 Å². The normalized spacial score (nSPS) is 18.1. The van der Waals surface area contributed by atoms with Gasteiger partial charge in [-0.1, -0.05) is 24.3 Å². The highest BCUT2D eigenvalue weighted by Gasteiger charge is 2.31. The van der Waals surface area contributed by atoms with E-state index >= 15 is 0 Å². The highest BCUT2D eigenvalue weighted by Crippen LogP contribution is 2.38. The molecule has 7 nitrogen and oxygen atoms in total. The second-order valence-corrected chi connectivity index (χ2v) is 6.66. The van der Waals surface area contributed by atoms with E-state index in [1.54, 1.807) is 23.9 Å². The number of anilines is 2. The number of fused-ring (bicyclic) bond motifs is 1. The van der Waals surface area contributed by atoms with Crippen LogP contribution in [0.5, 0.6) is 5.75 Å². The van der Waals surface area contributed by atoms with Crippen molar-refractivity contribution < 1.29 is 13.9 Å². The highest BCUT2D eigenvalue weighted by atomic mass is 19.1. The number of ether oxygens (including phenoxy) is 1. The van der Waals surface area contributed by atoms with Crippen LogP contribution >= 0.6 is 0 Å². The van der Waals surface area contributed by atoms with Gasteiger partial charge in [-0.3, -0.25) is 10.1 Å². The summed E-state index contributed by atoms with van der Waals surface area (Å²) in [5.74, 6) is 1.03. The molecule has 1 amide bonds. The number of aromatic nitrogens is 3. The standard InChI is InChI=1S/C20H20FN5O2/c1-12(27)22-19-24-20-23-17(13-5-9-16(28-2)10-6-13)11-18(26(20)25-19)14-3-7-15(21)8-4-14/h3-10,17-18H,11H2,1-2H3,(H2,22,23,24,25,27). The number of benzene rings is 2. The molecule has 2 heterocycles. The molecule has 1 aromatic heterocycles. The Bertz CT molecular complexity index is 985. The Morgan fingerprint density at radius 1 is 1.18 bits per heavy atom. The zero-order valence-electron chi connectivity index (χ0n) is 15.5. The third kappa shape index (κ3) is 3.53. The average Bonchev–Trinajstić information content (AvgIpc) is 3.09. The number of nitrogens with one attached hydrogen (secondary N) is 2. The molecule has 0 saturated heterocycles. The molecule has 2 aromatic carbocycles. The van der Waals surface area contributed by atoms with Gasteiger partial charge < -0.3 is 10.1 Å². The van der Waals surface area contributed by atoms with Gasteiger partial charge in [0.1, 0.15) is 11.6 Å². The molecular formula is C20H20FN5O2. The molecule has 1 aliphatic rings. The van der Waals surface area contributed by atoms with E-state index in [4.69, 9.17) is 4.74 Å². The number of rotatable bonds is 4. The van der Waals surface area contributed by atoms with E-state index in [-0.39, 0.29) is 29.8 Å². The highest BCUT2D eigenvalue weighted by molar-refractivity contribution is 5.86. The molecule has 0 spiro atoms. The quantitative estimate of drug-likeness (QED) is 0.723. The first-order valence-corrected chi connectivity index (χ1v) is 8.93. The summed E-state index contributed by atoms with van der Waals surface area (Å²) in [4.78, 5) is 15.8. The maximum absolute atomic E-state index is 13.4. The Morgan fingerprint density at radius 2 is 1.86 bits per heavy atom. The smallest absolute Gasteiger partial charge is 0.250 e. The third-order valence-electron chi connectivity index (χ3n) is 4.75. The van der Waals surface area contributed by atoms with Crippen molar-refractivity contribution in [3.63, 3.8) is 0 Å². The lowest BCUT2D eigenvalue weighted by atomic mass is 9.93. The molecule has 28 heavy (non-hydrogen) atoms.